The quantitative estimate of drug-likeness (QED) is 0.764. The summed E-state index contributed by atoms with van der Waals surface area (Å²) in [5.41, 5.74) is 1.22. The number of ether oxygens (including phenoxy) is 1. The van der Waals surface area contributed by atoms with Crippen LogP contribution in [0.2, 0.25) is 0 Å². The number of nitrogens with one attached hydrogen (secondary N) is 1. The molecular formula is C12H15N3O2. The van der Waals surface area contributed by atoms with Crippen molar-refractivity contribution in [2.24, 2.45) is 0 Å². The molecule has 0 amide bonds. The summed E-state index contributed by atoms with van der Waals surface area (Å²) in [6.07, 6.45) is 2.12. The van der Waals surface area contributed by atoms with Crippen LogP contribution in [-0.2, 0) is 13.0 Å². The number of hydrogen-bond donors (Lipinski definition) is 1. The molecule has 0 aliphatic heterocycles. The normalized spacial score (nSPS) is 10.4. The average molecular weight is 233 g/mol. The maximum absolute atomic E-state index is 5.10. The van der Waals surface area contributed by atoms with E-state index in [4.69, 9.17) is 4.74 Å². The Morgan fingerprint density at radius 3 is 2.76 bits per heavy atom. The topological polar surface area (TPSA) is 60.2 Å². The van der Waals surface area contributed by atoms with Crippen LogP contribution in [0.25, 0.3) is 0 Å². The van der Waals surface area contributed by atoms with Gasteiger partial charge in [0.25, 0.3) is 0 Å². The van der Waals surface area contributed by atoms with E-state index in [9.17, 15) is 0 Å². The van der Waals surface area contributed by atoms with E-state index in [1.54, 1.807) is 7.11 Å². The minimum atomic E-state index is 0.729. The predicted octanol–water partition coefficient (Wildman–Crippen LogP) is 1.41. The first-order valence-electron chi connectivity index (χ1n) is 5.47. The molecule has 0 radical (unpaired) electrons. The minimum Gasteiger partial charge on any atom is -0.497 e. The largest absolute Gasteiger partial charge is 0.497 e. The van der Waals surface area contributed by atoms with Gasteiger partial charge in [0.2, 0.25) is 6.39 Å². The van der Waals surface area contributed by atoms with Crippen LogP contribution in [0.15, 0.2) is 35.2 Å². The zero-order valence-electron chi connectivity index (χ0n) is 9.72. The van der Waals surface area contributed by atoms with Gasteiger partial charge in [0.15, 0.2) is 5.82 Å². The highest BCUT2D eigenvalue weighted by molar-refractivity contribution is 5.26. The average Bonchev–Trinajstić information content (AvgIpc) is 2.88. The highest BCUT2D eigenvalue weighted by atomic mass is 16.5. The second kappa shape index (κ2) is 6.00. The van der Waals surface area contributed by atoms with Crippen molar-refractivity contribution in [3.63, 3.8) is 0 Å². The van der Waals surface area contributed by atoms with E-state index in [1.807, 2.05) is 24.3 Å². The van der Waals surface area contributed by atoms with E-state index in [1.165, 1.54) is 12.0 Å². The number of hydrogen-bond acceptors (Lipinski definition) is 5. The van der Waals surface area contributed by atoms with Crippen molar-refractivity contribution in [1.29, 1.82) is 0 Å². The minimum absolute atomic E-state index is 0.729. The molecule has 5 heteroatoms. The first-order chi connectivity index (χ1) is 8.38. The number of methoxy groups -OCH3 is 1. The molecule has 0 spiro atoms. The van der Waals surface area contributed by atoms with Gasteiger partial charge in [0, 0.05) is 19.5 Å². The van der Waals surface area contributed by atoms with Crippen LogP contribution in [0.1, 0.15) is 11.4 Å². The molecule has 90 valence electrons. The van der Waals surface area contributed by atoms with Gasteiger partial charge in [-0.25, -0.2) is 0 Å². The zero-order chi connectivity index (χ0) is 11.9. The fourth-order valence-electron chi connectivity index (χ4n) is 1.48. The fraction of sp³-hybridized carbons (Fsp3) is 0.333. The molecule has 0 saturated carbocycles. The van der Waals surface area contributed by atoms with Crippen molar-refractivity contribution in [2.75, 3.05) is 13.7 Å². The Hall–Kier alpha value is -1.88. The van der Waals surface area contributed by atoms with Crippen molar-refractivity contribution in [1.82, 2.24) is 15.5 Å². The van der Waals surface area contributed by atoms with Crippen molar-refractivity contribution in [3.05, 3.63) is 42.0 Å². The van der Waals surface area contributed by atoms with Gasteiger partial charge in [-0.15, -0.1) is 0 Å². The van der Waals surface area contributed by atoms with Gasteiger partial charge >= 0.3 is 0 Å². The zero-order valence-corrected chi connectivity index (χ0v) is 9.72. The van der Waals surface area contributed by atoms with Crippen LogP contribution in [0.4, 0.5) is 0 Å². The molecule has 2 rings (SSSR count). The molecule has 0 saturated heterocycles. The van der Waals surface area contributed by atoms with E-state index in [0.29, 0.717) is 0 Å². The lowest BCUT2D eigenvalue weighted by Crippen LogP contribution is -2.17. The first-order valence-corrected chi connectivity index (χ1v) is 5.47. The molecular weight excluding hydrogens is 218 g/mol. The summed E-state index contributed by atoms with van der Waals surface area (Å²) in [6.45, 7) is 1.65. The third kappa shape index (κ3) is 3.57. The SMILES string of the molecule is COc1ccc(CNCCc2ncon2)cc1. The molecule has 1 aromatic carbocycles. The Labute approximate surface area is 99.8 Å². The molecule has 0 bridgehead atoms. The smallest absolute Gasteiger partial charge is 0.213 e. The molecule has 2 aromatic rings. The lowest BCUT2D eigenvalue weighted by Gasteiger charge is -2.04. The van der Waals surface area contributed by atoms with Gasteiger partial charge in [-0.3, -0.25) is 0 Å². The van der Waals surface area contributed by atoms with Crippen LogP contribution in [0.3, 0.4) is 0 Å². The predicted molar refractivity (Wildman–Crippen MR) is 62.7 cm³/mol. The van der Waals surface area contributed by atoms with E-state index in [-0.39, 0.29) is 0 Å². The Morgan fingerprint density at radius 2 is 2.12 bits per heavy atom. The molecule has 1 heterocycles. The molecule has 0 atom stereocenters. The van der Waals surface area contributed by atoms with E-state index in [0.717, 1.165) is 31.1 Å². The van der Waals surface area contributed by atoms with Gasteiger partial charge in [0.05, 0.1) is 7.11 Å². The molecule has 17 heavy (non-hydrogen) atoms. The summed E-state index contributed by atoms with van der Waals surface area (Å²) < 4.78 is 9.75. The highest BCUT2D eigenvalue weighted by Gasteiger charge is 1.98. The van der Waals surface area contributed by atoms with Crippen molar-refractivity contribution in [3.8, 4) is 5.75 Å². The lowest BCUT2D eigenvalue weighted by atomic mass is 10.2. The van der Waals surface area contributed by atoms with Crippen molar-refractivity contribution >= 4 is 0 Å². The van der Waals surface area contributed by atoms with Crippen LogP contribution in [-0.4, -0.2) is 23.8 Å². The molecule has 1 N–H and O–H groups in total. The maximum atomic E-state index is 5.10. The lowest BCUT2D eigenvalue weighted by molar-refractivity contribution is 0.409. The molecule has 0 aliphatic carbocycles. The molecule has 1 aromatic heterocycles. The molecule has 0 fully saturated rings. The van der Waals surface area contributed by atoms with Gasteiger partial charge in [-0.1, -0.05) is 17.3 Å². The third-order valence-electron chi connectivity index (χ3n) is 2.42. The Balaban J connectivity index is 1.70. The molecule has 5 nitrogen and oxygen atoms in total. The van der Waals surface area contributed by atoms with Crippen LogP contribution >= 0.6 is 0 Å². The number of rotatable bonds is 6. The number of nitrogens with zero attached hydrogens (tertiary/aromatic N) is 2. The van der Waals surface area contributed by atoms with E-state index in [2.05, 4.69) is 20.0 Å². The van der Waals surface area contributed by atoms with E-state index < -0.39 is 0 Å². The second-order valence-electron chi connectivity index (χ2n) is 3.62. The third-order valence-corrected chi connectivity index (χ3v) is 2.42. The second-order valence-corrected chi connectivity index (χ2v) is 3.62. The standard InChI is InChI=1S/C12H15N3O2/c1-16-11-4-2-10(3-5-11)8-13-7-6-12-14-9-17-15-12/h2-5,9,13H,6-8H2,1H3. The summed E-state index contributed by atoms with van der Waals surface area (Å²) in [7, 11) is 1.66. The summed E-state index contributed by atoms with van der Waals surface area (Å²) in [6, 6.07) is 7.99. The van der Waals surface area contributed by atoms with E-state index >= 15 is 0 Å². The highest BCUT2D eigenvalue weighted by Crippen LogP contribution is 2.10. The van der Waals surface area contributed by atoms with Crippen LogP contribution in [0.5, 0.6) is 5.75 Å². The van der Waals surface area contributed by atoms with Crippen LogP contribution in [0, 0.1) is 0 Å². The fourth-order valence-corrected chi connectivity index (χ4v) is 1.48. The van der Waals surface area contributed by atoms with Gasteiger partial charge in [-0.2, -0.15) is 4.98 Å². The monoisotopic (exact) mass is 233 g/mol. The van der Waals surface area contributed by atoms with Gasteiger partial charge in [0.1, 0.15) is 5.75 Å². The number of benzene rings is 1. The first kappa shape index (κ1) is 11.6. The summed E-state index contributed by atoms with van der Waals surface area (Å²) in [5.74, 6) is 1.60. The van der Waals surface area contributed by atoms with Gasteiger partial charge in [-0.05, 0) is 17.7 Å². The van der Waals surface area contributed by atoms with Crippen molar-refractivity contribution in [2.45, 2.75) is 13.0 Å². The van der Waals surface area contributed by atoms with Gasteiger partial charge < -0.3 is 14.6 Å². The van der Waals surface area contributed by atoms with Crippen molar-refractivity contribution < 1.29 is 9.26 Å². The Kier molecular flexibility index (Phi) is 4.10. The Morgan fingerprint density at radius 1 is 1.29 bits per heavy atom. The maximum Gasteiger partial charge on any atom is 0.213 e. The summed E-state index contributed by atoms with van der Waals surface area (Å²) in [5, 5.41) is 7.06. The number of aromatic nitrogens is 2. The van der Waals surface area contributed by atoms with Crippen LogP contribution < -0.4 is 10.1 Å². The molecule has 0 unspecified atom stereocenters. The Bertz CT molecular complexity index is 426. The summed E-state index contributed by atoms with van der Waals surface area (Å²) >= 11 is 0. The molecule has 0 aliphatic rings. The summed E-state index contributed by atoms with van der Waals surface area (Å²) in [4.78, 5) is 3.95.